The van der Waals surface area contributed by atoms with E-state index in [2.05, 4.69) is 15.1 Å². The number of hydrogen-bond acceptors (Lipinski definition) is 4. The van der Waals surface area contributed by atoms with Crippen molar-refractivity contribution in [3.63, 3.8) is 0 Å². The molecule has 0 aliphatic heterocycles. The van der Waals surface area contributed by atoms with Gasteiger partial charge in [-0.15, -0.1) is 0 Å². The Morgan fingerprint density at radius 1 is 1.24 bits per heavy atom. The number of fused-ring (bicyclic) bond motifs is 2. The first-order chi connectivity index (χ1) is 8.15. The van der Waals surface area contributed by atoms with Gasteiger partial charge in [0.1, 0.15) is 5.82 Å². The van der Waals surface area contributed by atoms with E-state index in [-0.39, 0.29) is 10.9 Å². The second kappa shape index (κ2) is 3.31. The Morgan fingerprint density at radius 2 is 2.06 bits per heavy atom. The number of aromatic nitrogens is 4. The minimum absolute atomic E-state index is 0.195. The maximum Gasteiger partial charge on any atom is 0.228 e. The standard InChI is InChI=1S/C11H7FN4O/c1-16-11-10(9(17)5-13-16)14-8-4-6(12)2-3-7(8)15-11/h2-5H,1H3. The molecule has 0 aliphatic rings. The molecule has 1 aromatic carbocycles. The Bertz CT molecular complexity index is 796. The first kappa shape index (κ1) is 9.83. The maximum atomic E-state index is 13.1. The molecule has 84 valence electrons. The Balaban J connectivity index is 2.56. The van der Waals surface area contributed by atoms with Crippen LogP contribution >= 0.6 is 0 Å². The van der Waals surface area contributed by atoms with E-state index in [1.165, 1.54) is 29.1 Å². The molecule has 0 spiro atoms. The Kier molecular flexibility index (Phi) is 1.91. The summed E-state index contributed by atoms with van der Waals surface area (Å²) >= 11 is 0. The van der Waals surface area contributed by atoms with Crippen molar-refractivity contribution in [2.24, 2.45) is 7.05 Å². The zero-order chi connectivity index (χ0) is 12.0. The van der Waals surface area contributed by atoms with Crippen LogP contribution in [0.3, 0.4) is 0 Å². The van der Waals surface area contributed by atoms with Crippen molar-refractivity contribution in [3.05, 3.63) is 40.4 Å². The van der Waals surface area contributed by atoms with Gasteiger partial charge in [0.2, 0.25) is 5.43 Å². The summed E-state index contributed by atoms with van der Waals surface area (Å²) < 4.78 is 14.5. The summed E-state index contributed by atoms with van der Waals surface area (Å²) in [6.07, 6.45) is 1.17. The highest BCUT2D eigenvalue weighted by atomic mass is 19.1. The quantitative estimate of drug-likeness (QED) is 0.541. The second-order valence-corrected chi connectivity index (χ2v) is 3.66. The fraction of sp³-hybridized carbons (Fsp3) is 0.0909. The van der Waals surface area contributed by atoms with Crippen LogP contribution in [0.2, 0.25) is 0 Å². The van der Waals surface area contributed by atoms with E-state index >= 15 is 0 Å². The van der Waals surface area contributed by atoms with Gasteiger partial charge in [0, 0.05) is 13.1 Å². The number of rotatable bonds is 0. The van der Waals surface area contributed by atoms with Gasteiger partial charge in [0.15, 0.2) is 11.2 Å². The molecule has 17 heavy (non-hydrogen) atoms. The van der Waals surface area contributed by atoms with Gasteiger partial charge in [0.25, 0.3) is 0 Å². The van der Waals surface area contributed by atoms with Gasteiger partial charge in [-0.2, -0.15) is 5.10 Å². The summed E-state index contributed by atoms with van der Waals surface area (Å²) in [5, 5.41) is 3.86. The van der Waals surface area contributed by atoms with Crippen LogP contribution in [-0.2, 0) is 7.05 Å². The average Bonchev–Trinajstić information content (AvgIpc) is 2.32. The molecule has 0 amide bonds. The summed E-state index contributed by atoms with van der Waals surface area (Å²) in [6, 6.07) is 4.08. The molecule has 0 fully saturated rings. The predicted molar refractivity (Wildman–Crippen MR) is 60.0 cm³/mol. The van der Waals surface area contributed by atoms with Crippen molar-refractivity contribution >= 4 is 22.2 Å². The lowest BCUT2D eigenvalue weighted by molar-refractivity contribution is 0.629. The zero-order valence-corrected chi connectivity index (χ0v) is 8.88. The van der Waals surface area contributed by atoms with Gasteiger partial charge in [-0.25, -0.2) is 19.0 Å². The highest BCUT2D eigenvalue weighted by molar-refractivity contribution is 5.83. The first-order valence-corrected chi connectivity index (χ1v) is 4.94. The van der Waals surface area contributed by atoms with Gasteiger partial charge in [-0.05, 0) is 12.1 Å². The fourth-order valence-corrected chi connectivity index (χ4v) is 1.66. The Labute approximate surface area is 94.5 Å². The van der Waals surface area contributed by atoms with Crippen molar-refractivity contribution in [1.82, 2.24) is 19.7 Å². The molecule has 0 atom stereocenters. The smallest absolute Gasteiger partial charge is 0.228 e. The largest absolute Gasteiger partial charge is 0.286 e. The highest BCUT2D eigenvalue weighted by Crippen LogP contribution is 2.13. The van der Waals surface area contributed by atoms with Crippen LogP contribution in [0.25, 0.3) is 22.2 Å². The maximum absolute atomic E-state index is 13.1. The molecule has 2 heterocycles. The molecule has 3 aromatic rings. The summed E-state index contributed by atoms with van der Waals surface area (Å²) in [5.41, 5.74) is 1.15. The van der Waals surface area contributed by atoms with Gasteiger partial charge in [0.05, 0.1) is 17.2 Å². The van der Waals surface area contributed by atoms with E-state index in [0.29, 0.717) is 16.7 Å². The van der Waals surface area contributed by atoms with Gasteiger partial charge in [-0.1, -0.05) is 0 Å². The van der Waals surface area contributed by atoms with Crippen molar-refractivity contribution in [2.75, 3.05) is 0 Å². The molecular weight excluding hydrogens is 223 g/mol. The van der Waals surface area contributed by atoms with E-state index < -0.39 is 5.82 Å². The van der Waals surface area contributed by atoms with E-state index in [0.717, 1.165) is 0 Å². The summed E-state index contributed by atoms with van der Waals surface area (Å²) in [5.74, 6) is -0.406. The monoisotopic (exact) mass is 230 g/mol. The third kappa shape index (κ3) is 1.45. The summed E-state index contributed by atoms with van der Waals surface area (Å²) in [6.45, 7) is 0. The van der Waals surface area contributed by atoms with Crippen molar-refractivity contribution in [1.29, 1.82) is 0 Å². The van der Waals surface area contributed by atoms with E-state index in [1.54, 1.807) is 7.05 Å². The molecular formula is C11H7FN4O. The summed E-state index contributed by atoms with van der Waals surface area (Å²) in [7, 11) is 1.67. The molecule has 0 saturated carbocycles. The molecule has 0 unspecified atom stereocenters. The molecule has 0 radical (unpaired) electrons. The predicted octanol–water partition coefficient (Wildman–Crippen LogP) is 1.02. The van der Waals surface area contributed by atoms with Crippen LogP contribution in [0, 0.1) is 5.82 Å². The third-order valence-corrected chi connectivity index (χ3v) is 2.50. The normalized spacial score (nSPS) is 11.2. The van der Waals surface area contributed by atoms with Crippen molar-refractivity contribution in [2.45, 2.75) is 0 Å². The molecule has 5 nitrogen and oxygen atoms in total. The molecule has 0 saturated heterocycles. The number of nitrogens with zero attached hydrogens (tertiary/aromatic N) is 4. The number of aryl methyl sites for hydroxylation is 1. The lowest BCUT2D eigenvalue weighted by atomic mass is 10.3. The van der Waals surface area contributed by atoms with E-state index in [4.69, 9.17) is 0 Å². The molecule has 0 bridgehead atoms. The van der Waals surface area contributed by atoms with Crippen LogP contribution in [0.1, 0.15) is 0 Å². The van der Waals surface area contributed by atoms with Crippen LogP contribution in [0.4, 0.5) is 4.39 Å². The SMILES string of the molecule is Cn1ncc(=O)c2nc3cc(F)ccc3nc21. The molecule has 6 heteroatoms. The Hall–Kier alpha value is -2.37. The lowest BCUT2D eigenvalue weighted by Gasteiger charge is -2.03. The molecule has 3 rings (SSSR count). The van der Waals surface area contributed by atoms with Crippen LogP contribution in [0.15, 0.2) is 29.2 Å². The number of benzene rings is 1. The number of hydrogen-bond donors (Lipinski definition) is 0. The van der Waals surface area contributed by atoms with Crippen LogP contribution < -0.4 is 5.43 Å². The first-order valence-electron chi connectivity index (χ1n) is 4.94. The topological polar surface area (TPSA) is 60.7 Å². The van der Waals surface area contributed by atoms with Gasteiger partial charge >= 0.3 is 0 Å². The Morgan fingerprint density at radius 3 is 2.88 bits per heavy atom. The fourth-order valence-electron chi connectivity index (χ4n) is 1.66. The minimum atomic E-state index is -0.406. The lowest BCUT2D eigenvalue weighted by Crippen LogP contribution is -2.12. The number of halogens is 1. The van der Waals surface area contributed by atoms with E-state index in [1.807, 2.05) is 0 Å². The second-order valence-electron chi connectivity index (χ2n) is 3.66. The molecule has 2 aromatic heterocycles. The van der Waals surface area contributed by atoms with Crippen molar-refractivity contribution in [3.8, 4) is 0 Å². The van der Waals surface area contributed by atoms with Gasteiger partial charge < -0.3 is 0 Å². The minimum Gasteiger partial charge on any atom is -0.286 e. The third-order valence-electron chi connectivity index (χ3n) is 2.50. The highest BCUT2D eigenvalue weighted by Gasteiger charge is 2.07. The zero-order valence-electron chi connectivity index (χ0n) is 8.88. The van der Waals surface area contributed by atoms with Crippen molar-refractivity contribution < 1.29 is 4.39 Å². The molecule has 0 N–H and O–H groups in total. The van der Waals surface area contributed by atoms with Crippen LogP contribution in [-0.4, -0.2) is 19.7 Å². The van der Waals surface area contributed by atoms with E-state index in [9.17, 15) is 9.18 Å². The average molecular weight is 230 g/mol. The summed E-state index contributed by atoms with van der Waals surface area (Å²) in [4.78, 5) is 20.0. The van der Waals surface area contributed by atoms with Crippen LogP contribution in [0.5, 0.6) is 0 Å². The van der Waals surface area contributed by atoms with Gasteiger partial charge in [-0.3, -0.25) is 4.79 Å². The molecule has 0 aliphatic carbocycles.